The Hall–Kier alpha value is -3.15. The minimum atomic E-state index is -3.88. The highest BCUT2D eigenvalue weighted by molar-refractivity contribution is 7.91. The number of carbonyl (C=O) groups excluding carboxylic acids is 2. The molecule has 0 N–H and O–H groups in total. The molecule has 2 amide bonds. The Morgan fingerprint density at radius 2 is 0.979 bits per heavy atom. The first-order valence-electron chi connectivity index (χ1n) is 16.3. The molecule has 2 saturated heterocycles. The SMILES string of the molecule is CC(C)(C)OC(=O)N1[C@@H](Cc2ccccc2)[C@@H](CS(=O)(=O)C[C@H]2OC(C)(C)N(C(=O)OC(C)(C)C)[C@H]2Cc2ccccc2)OC1(C)C. The second kappa shape index (κ2) is 13.4. The van der Waals surface area contributed by atoms with E-state index in [4.69, 9.17) is 18.9 Å². The maximum absolute atomic E-state index is 14.1. The number of amides is 2. The van der Waals surface area contributed by atoms with Gasteiger partial charge in [0.05, 0.1) is 35.8 Å². The summed E-state index contributed by atoms with van der Waals surface area (Å²) < 4.78 is 52.6. The lowest BCUT2D eigenvalue weighted by atomic mass is 10.0. The van der Waals surface area contributed by atoms with Crippen molar-refractivity contribution in [2.75, 3.05) is 11.5 Å². The summed E-state index contributed by atoms with van der Waals surface area (Å²) in [5, 5.41) is 0. The van der Waals surface area contributed by atoms with Crippen LogP contribution < -0.4 is 0 Å². The first kappa shape index (κ1) is 36.7. The van der Waals surface area contributed by atoms with Gasteiger partial charge in [0, 0.05) is 0 Å². The number of rotatable bonds is 8. The largest absolute Gasteiger partial charge is 0.444 e. The molecule has 0 aromatic heterocycles. The molecule has 0 spiro atoms. The molecule has 2 heterocycles. The summed E-state index contributed by atoms with van der Waals surface area (Å²) in [6.07, 6.45) is -2.07. The van der Waals surface area contributed by atoms with E-state index in [9.17, 15) is 18.0 Å². The van der Waals surface area contributed by atoms with Crippen LogP contribution in [0.25, 0.3) is 0 Å². The van der Waals surface area contributed by atoms with Gasteiger partial charge in [-0.15, -0.1) is 0 Å². The number of ether oxygens (including phenoxy) is 4. The molecule has 0 bridgehead atoms. The zero-order valence-electron chi connectivity index (χ0n) is 29.5. The van der Waals surface area contributed by atoms with Gasteiger partial charge >= 0.3 is 12.2 Å². The van der Waals surface area contributed by atoms with Crippen LogP contribution in [0.15, 0.2) is 60.7 Å². The van der Waals surface area contributed by atoms with Gasteiger partial charge in [0.1, 0.15) is 22.7 Å². The maximum Gasteiger partial charge on any atom is 0.412 e. The minimum absolute atomic E-state index is 0.349. The van der Waals surface area contributed by atoms with Crippen molar-refractivity contribution in [3.8, 4) is 0 Å². The highest BCUT2D eigenvalue weighted by atomic mass is 32.2. The van der Waals surface area contributed by atoms with E-state index in [1.165, 1.54) is 9.80 Å². The number of sulfone groups is 1. The molecule has 2 fully saturated rings. The Kier molecular flexibility index (Phi) is 10.5. The smallest absolute Gasteiger partial charge is 0.412 e. The first-order valence-corrected chi connectivity index (χ1v) is 18.1. The van der Waals surface area contributed by atoms with Crippen LogP contribution in [0.3, 0.4) is 0 Å². The van der Waals surface area contributed by atoms with Crippen LogP contribution >= 0.6 is 0 Å². The van der Waals surface area contributed by atoms with E-state index in [0.29, 0.717) is 12.8 Å². The summed E-state index contributed by atoms with van der Waals surface area (Å²) in [6, 6.07) is 18.0. The topological polar surface area (TPSA) is 112 Å². The number of hydrogen-bond acceptors (Lipinski definition) is 8. The normalized spacial score (nSPS) is 24.3. The van der Waals surface area contributed by atoms with E-state index in [2.05, 4.69) is 0 Å². The highest BCUT2D eigenvalue weighted by Gasteiger charge is 2.55. The molecule has 4 rings (SSSR count). The zero-order valence-corrected chi connectivity index (χ0v) is 30.3. The van der Waals surface area contributed by atoms with Crippen LogP contribution in [-0.2, 0) is 41.6 Å². The van der Waals surface area contributed by atoms with E-state index in [1.54, 1.807) is 69.2 Å². The quantitative estimate of drug-likeness (QED) is 0.318. The summed E-state index contributed by atoms with van der Waals surface area (Å²) in [5.74, 6) is -0.698. The van der Waals surface area contributed by atoms with Crippen molar-refractivity contribution in [1.29, 1.82) is 0 Å². The highest BCUT2D eigenvalue weighted by Crippen LogP contribution is 2.39. The van der Waals surface area contributed by atoms with Crippen molar-refractivity contribution in [3.05, 3.63) is 71.8 Å². The predicted octanol–water partition coefficient (Wildman–Crippen LogP) is 6.37. The van der Waals surface area contributed by atoms with E-state index in [0.717, 1.165) is 11.1 Å². The van der Waals surface area contributed by atoms with Crippen molar-refractivity contribution in [1.82, 2.24) is 9.80 Å². The van der Waals surface area contributed by atoms with Gasteiger partial charge in [-0.3, -0.25) is 9.80 Å². The van der Waals surface area contributed by atoms with Crippen LogP contribution in [0.4, 0.5) is 9.59 Å². The molecule has 10 nitrogen and oxygen atoms in total. The average molecular weight is 673 g/mol. The molecule has 47 heavy (non-hydrogen) atoms. The molecule has 2 aliphatic rings. The fraction of sp³-hybridized carbons (Fsp3) is 0.611. The van der Waals surface area contributed by atoms with E-state index in [1.807, 2.05) is 60.7 Å². The molecule has 0 unspecified atom stereocenters. The Bertz CT molecular complexity index is 1390. The van der Waals surface area contributed by atoms with Gasteiger partial charge in [-0.25, -0.2) is 18.0 Å². The number of carbonyl (C=O) groups is 2. The van der Waals surface area contributed by atoms with Crippen molar-refractivity contribution in [2.24, 2.45) is 0 Å². The lowest BCUT2D eigenvalue weighted by Crippen LogP contribution is -2.52. The van der Waals surface area contributed by atoms with Gasteiger partial charge in [-0.05, 0) is 93.2 Å². The fourth-order valence-corrected chi connectivity index (χ4v) is 8.21. The summed E-state index contributed by atoms with van der Waals surface area (Å²) in [7, 11) is -3.88. The van der Waals surface area contributed by atoms with Gasteiger partial charge in [-0.2, -0.15) is 0 Å². The molecule has 2 aromatic rings. The van der Waals surface area contributed by atoms with Crippen molar-refractivity contribution in [2.45, 2.75) is 129 Å². The second-order valence-electron chi connectivity index (χ2n) is 15.5. The molecular weight excluding hydrogens is 620 g/mol. The Morgan fingerprint density at radius 1 is 0.660 bits per heavy atom. The third kappa shape index (κ3) is 9.48. The lowest BCUT2D eigenvalue weighted by molar-refractivity contribution is -0.0751. The standard InChI is InChI=1S/C36H52N2O8S/c1-33(2,3)45-31(39)37-27(21-25-17-13-11-14-18-25)29(43-35(37,7)8)23-47(41,42)24-30-28(22-26-19-15-12-16-20-26)38(36(9,10)44-30)32(40)46-34(4,5)6/h11-20,27-30H,21-24H2,1-10H3/t27-,28-,29+,30+/m0/s1. The van der Waals surface area contributed by atoms with Gasteiger partial charge in [0.2, 0.25) is 0 Å². The van der Waals surface area contributed by atoms with Gasteiger partial charge in [0.15, 0.2) is 9.84 Å². The molecular formula is C36H52N2O8S. The molecule has 0 radical (unpaired) electrons. The zero-order chi connectivity index (χ0) is 35.0. The Balaban J connectivity index is 1.64. The van der Waals surface area contributed by atoms with E-state index in [-0.39, 0.29) is 11.5 Å². The maximum atomic E-state index is 14.1. The molecule has 2 aliphatic heterocycles. The number of nitrogens with zero attached hydrogens (tertiary/aromatic N) is 2. The fourth-order valence-electron chi connectivity index (χ4n) is 6.49. The summed E-state index contributed by atoms with van der Waals surface area (Å²) >= 11 is 0. The predicted molar refractivity (Wildman–Crippen MR) is 181 cm³/mol. The monoisotopic (exact) mass is 672 g/mol. The Morgan fingerprint density at radius 3 is 1.28 bits per heavy atom. The molecule has 2 aromatic carbocycles. The van der Waals surface area contributed by atoms with E-state index >= 15 is 0 Å². The molecule has 260 valence electrons. The van der Waals surface area contributed by atoms with Crippen LogP contribution in [-0.4, -0.2) is 88.9 Å². The Labute approximate surface area is 280 Å². The number of hydrogen-bond donors (Lipinski definition) is 0. The molecule has 0 saturated carbocycles. The van der Waals surface area contributed by atoms with Gasteiger partial charge < -0.3 is 18.9 Å². The van der Waals surface area contributed by atoms with Gasteiger partial charge in [0.25, 0.3) is 0 Å². The van der Waals surface area contributed by atoms with Crippen LogP contribution in [0.1, 0.15) is 80.4 Å². The lowest BCUT2D eigenvalue weighted by Gasteiger charge is -2.35. The van der Waals surface area contributed by atoms with Crippen LogP contribution in [0.5, 0.6) is 0 Å². The van der Waals surface area contributed by atoms with Crippen molar-refractivity contribution >= 4 is 22.0 Å². The summed E-state index contributed by atoms with van der Waals surface area (Å²) in [6.45, 7) is 17.7. The van der Waals surface area contributed by atoms with Crippen molar-refractivity contribution < 1.29 is 37.0 Å². The third-order valence-electron chi connectivity index (χ3n) is 8.15. The average Bonchev–Trinajstić information content (AvgIpc) is 3.29. The van der Waals surface area contributed by atoms with E-state index < -0.39 is 69.0 Å². The van der Waals surface area contributed by atoms with Gasteiger partial charge in [-0.1, -0.05) is 60.7 Å². The molecule has 0 aliphatic carbocycles. The number of benzene rings is 2. The summed E-state index contributed by atoms with van der Waals surface area (Å²) in [5.41, 5.74) is -1.89. The molecule has 11 heteroatoms. The third-order valence-corrected chi connectivity index (χ3v) is 9.83. The minimum Gasteiger partial charge on any atom is -0.444 e. The second-order valence-corrected chi connectivity index (χ2v) is 17.7. The first-order chi connectivity index (χ1) is 21.6. The molecule has 4 atom stereocenters. The summed E-state index contributed by atoms with van der Waals surface area (Å²) in [4.78, 5) is 30.2. The van der Waals surface area contributed by atoms with Crippen LogP contribution in [0, 0.1) is 0 Å². The van der Waals surface area contributed by atoms with Crippen molar-refractivity contribution in [3.63, 3.8) is 0 Å². The van der Waals surface area contributed by atoms with Crippen LogP contribution in [0.2, 0.25) is 0 Å².